The second-order valence-corrected chi connectivity index (χ2v) is 5.76. The van der Waals surface area contributed by atoms with E-state index in [0.29, 0.717) is 27.8 Å². The summed E-state index contributed by atoms with van der Waals surface area (Å²) >= 11 is 6.14. The Kier molecular flexibility index (Phi) is 6.31. The molecule has 0 aliphatic rings. The molecule has 2 rings (SSSR count). The van der Waals surface area contributed by atoms with Crippen molar-refractivity contribution in [3.8, 4) is 17.2 Å². The first-order valence-corrected chi connectivity index (χ1v) is 7.91. The van der Waals surface area contributed by atoms with Crippen LogP contribution in [0.25, 0.3) is 6.08 Å². The van der Waals surface area contributed by atoms with Gasteiger partial charge in [-0.1, -0.05) is 23.7 Å². The van der Waals surface area contributed by atoms with Crippen LogP contribution in [0.5, 0.6) is 17.2 Å². The maximum Gasteiger partial charge on any atom is 0.289 e. The van der Waals surface area contributed by atoms with Gasteiger partial charge in [0.05, 0.1) is 19.2 Å². The molecule has 0 aliphatic heterocycles. The summed E-state index contributed by atoms with van der Waals surface area (Å²) in [4.78, 5) is 13.9. The number of amides is 1. The molecule has 0 spiro atoms. The topological polar surface area (TPSA) is 48.0 Å². The monoisotopic (exact) mass is 361 g/mol. The van der Waals surface area contributed by atoms with Crippen LogP contribution in [0.3, 0.4) is 0 Å². The first-order valence-electron chi connectivity index (χ1n) is 7.54. The molecule has 132 valence electrons. The van der Waals surface area contributed by atoms with Crippen LogP contribution < -0.4 is 14.2 Å². The zero-order valence-electron chi connectivity index (χ0n) is 14.6. The fourth-order valence-corrected chi connectivity index (χ4v) is 2.25. The normalized spacial score (nSPS) is 11.0. The van der Waals surface area contributed by atoms with E-state index in [0.717, 1.165) is 0 Å². The maximum absolute atomic E-state index is 12.5. The number of nitrogens with zero attached hydrogens (tertiary/aromatic N) is 1. The van der Waals surface area contributed by atoms with Gasteiger partial charge in [0.2, 0.25) is 0 Å². The summed E-state index contributed by atoms with van der Waals surface area (Å²) in [5, 5.41) is 0.418. The second-order valence-electron chi connectivity index (χ2n) is 5.35. The van der Waals surface area contributed by atoms with Gasteiger partial charge >= 0.3 is 0 Å². The molecule has 0 N–H and O–H groups in total. The minimum atomic E-state index is -0.294. The lowest BCUT2D eigenvalue weighted by molar-refractivity contribution is -0.126. The first kappa shape index (κ1) is 18.7. The van der Waals surface area contributed by atoms with Gasteiger partial charge in [-0.15, -0.1) is 0 Å². The van der Waals surface area contributed by atoms with Crippen LogP contribution in [0.15, 0.2) is 48.2 Å². The smallest absolute Gasteiger partial charge is 0.289 e. The van der Waals surface area contributed by atoms with E-state index < -0.39 is 0 Å². The highest BCUT2D eigenvalue weighted by Gasteiger charge is 2.17. The number of hydrogen-bond donors (Lipinski definition) is 0. The van der Waals surface area contributed by atoms with Crippen molar-refractivity contribution < 1.29 is 19.0 Å². The van der Waals surface area contributed by atoms with Crippen LogP contribution in [0.4, 0.5) is 0 Å². The van der Waals surface area contributed by atoms with Crippen molar-refractivity contribution in [2.75, 3.05) is 28.3 Å². The average molecular weight is 362 g/mol. The van der Waals surface area contributed by atoms with E-state index in [1.807, 2.05) is 0 Å². The van der Waals surface area contributed by atoms with Crippen molar-refractivity contribution in [2.24, 2.45) is 0 Å². The molecule has 2 aromatic rings. The molecule has 5 nitrogen and oxygen atoms in total. The molecule has 0 saturated heterocycles. The van der Waals surface area contributed by atoms with Gasteiger partial charge in [-0.05, 0) is 30.3 Å². The highest BCUT2D eigenvalue weighted by Crippen LogP contribution is 2.29. The van der Waals surface area contributed by atoms with Crippen molar-refractivity contribution >= 4 is 23.6 Å². The number of ether oxygens (including phenoxy) is 3. The van der Waals surface area contributed by atoms with E-state index in [1.54, 1.807) is 76.9 Å². The van der Waals surface area contributed by atoms with E-state index in [1.165, 1.54) is 4.90 Å². The second kappa shape index (κ2) is 8.44. The molecular weight excluding hydrogens is 342 g/mol. The van der Waals surface area contributed by atoms with Crippen LogP contribution >= 0.6 is 11.6 Å². The lowest BCUT2D eigenvalue weighted by Gasteiger charge is -2.16. The number of carbonyl (C=O) groups excluding carboxylic acids is 1. The zero-order valence-corrected chi connectivity index (χ0v) is 15.3. The molecular formula is C19H20ClNO4. The van der Waals surface area contributed by atoms with Crippen molar-refractivity contribution in [3.63, 3.8) is 0 Å². The van der Waals surface area contributed by atoms with Crippen LogP contribution in [0.2, 0.25) is 5.02 Å². The number of carbonyl (C=O) groups is 1. The maximum atomic E-state index is 12.5. The highest BCUT2D eigenvalue weighted by molar-refractivity contribution is 6.32. The molecule has 25 heavy (non-hydrogen) atoms. The lowest BCUT2D eigenvalue weighted by Crippen LogP contribution is -2.26. The Labute approximate surface area is 152 Å². The van der Waals surface area contributed by atoms with Gasteiger partial charge in [0.25, 0.3) is 5.91 Å². The summed E-state index contributed by atoms with van der Waals surface area (Å²) in [5.74, 6) is 1.45. The molecule has 0 radical (unpaired) electrons. The third-order valence-electron chi connectivity index (χ3n) is 3.40. The lowest BCUT2D eigenvalue weighted by atomic mass is 10.1. The highest BCUT2D eigenvalue weighted by atomic mass is 35.5. The minimum absolute atomic E-state index is 0.126. The number of likely N-dealkylation sites (N-methyl/N-ethyl adjacent to an activating group) is 1. The summed E-state index contributed by atoms with van der Waals surface area (Å²) in [6, 6.07) is 12.3. The molecule has 0 aliphatic carbocycles. The summed E-state index contributed by atoms with van der Waals surface area (Å²) in [6.45, 7) is 0. The third-order valence-corrected chi connectivity index (χ3v) is 3.71. The summed E-state index contributed by atoms with van der Waals surface area (Å²) in [6.07, 6.45) is 1.62. The SMILES string of the molecule is COc1ccc(C=C(Oc2ccccc2Cl)C(=O)N(C)C)c(OC)c1. The van der Waals surface area contributed by atoms with Crippen LogP contribution in [-0.2, 0) is 4.79 Å². The Hall–Kier alpha value is -2.66. The Balaban J connectivity index is 2.47. The van der Waals surface area contributed by atoms with E-state index in [9.17, 15) is 4.79 Å². The summed E-state index contributed by atoms with van der Waals surface area (Å²) in [5.41, 5.74) is 0.681. The third kappa shape index (κ3) is 4.67. The molecule has 0 atom stereocenters. The summed E-state index contributed by atoms with van der Waals surface area (Å²) < 4.78 is 16.3. The molecule has 0 saturated carbocycles. The molecule has 0 heterocycles. The van der Waals surface area contributed by atoms with Gasteiger partial charge in [-0.2, -0.15) is 0 Å². The largest absolute Gasteiger partial charge is 0.497 e. The molecule has 1 amide bonds. The molecule has 0 fully saturated rings. The van der Waals surface area contributed by atoms with Gasteiger partial charge in [0.1, 0.15) is 17.2 Å². The summed E-state index contributed by atoms with van der Waals surface area (Å²) in [7, 11) is 6.43. The van der Waals surface area contributed by atoms with Crippen molar-refractivity contribution in [1.29, 1.82) is 0 Å². The van der Waals surface area contributed by atoms with E-state index >= 15 is 0 Å². The quantitative estimate of drug-likeness (QED) is 0.579. The molecule has 6 heteroatoms. The molecule has 0 unspecified atom stereocenters. The minimum Gasteiger partial charge on any atom is -0.497 e. The van der Waals surface area contributed by atoms with Crippen molar-refractivity contribution in [2.45, 2.75) is 0 Å². The Morgan fingerprint density at radius 1 is 1.04 bits per heavy atom. The predicted molar refractivity (Wildman–Crippen MR) is 98.3 cm³/mol. The van der Waals surface area contributed by atoms with Crippen LogP contribution in [0.1, 0.15) is 5.56 Å². The van der Waals surface area contributed by atoms with E-state index in [2.05, 4.69) is 0 Å². The van der Waals surface area contributed by atoms with E-state index in [4.69, 9.17) is 25.8 Å². The van der Waals surface area contributed by atoms with Crippen molar-refractivity contribution in [1.82, 2.24) is 4.90 Å². The van der Waals surface area contributed by atoms with Gasteiger partial charge in [0.15, 0.2) is 5.76 Å². The number of methoxy groups -OCH3 is 2. The number of benzene rings is 2. The Morgan fingerprint density at radius 2 is 1.76 bits per heavy atom. The number of halogens is 1. The van der Waals surface area contributed by atoms with Gasteiger partial charge in [-0.3, -0.25) is 4.79 Å². The Morgan fingerprint density at radius 3 is 2.36 bits per heavy atom. The fourth-order valence-electron chi connectivity index (χ4n) is 2.08. The number of para-hydroxylation sites is 1. The van der Waals surface area contributed by atoms with Crippen LogP contribution in [0, 0.1) is 0 Å². The number of hydrogen-bond acceptors (Lipinski definition) is 4. The van der Waals surface area contributed by atoms with Gasteiger partial charge in [0, 0.05) is 25.7 Å². The molecule has 2 aromatic carbocycles. The zero-order chi connectivity index (χ0) is 18.4. The fraction of sp³-hybridized carbons (Fsp3) is 0.211. The standard InChI is InChI=1S/C19H20ClNO4/c1-21(2)19(22)18(25-16-8-6-5-7-15(16)20)11-13-9-10-14(23-3)12-17(13)24-4/h5-12H,1-4H3. The van der Waals surface area contributed by atoms with Crippen LogP contribution in [-0.4, -0.2) is 39.1 Å². The molecule has 0 bridgehead atoms. The van der Waals surface area contributed by atoms with Gasteiger partial charge in [-0.25, -0.2) is 0 Å². The predicted octanol–water partition coefficient (Wildman–Crippen LogP) is 3.87. The average Bonchev–Trinajstić information content (AvgIpc) is 2.62. The first-order chi connectivity index (χ1) is 12.0. The number of rotatable bonds is 6. The van der Waals surface area contributed by atoms with E-state index in [-0.39, 0.29) is 11.7 Å². The molecule has 0 aromatic heterocycles. The van der Waals surface area contributed by atoms with Crippen molar-refractivity contribution in [3.05, 3.63) is 58.8 Å². The van der Waals surface area contributed by atoms with Gasteiger partial charge < -0.3 is 19.1 Å². The Bertz CT molecular complexity index is 787.